The van der Waals surface area contributed by atoms with E-state index in [2.05, 4.69) is 9.97 Å². The number of H-pyrrole nitrogens is 1. The first kappa shape index (κ1) is 18.9. The standard InChI is InChI=1S/C18H23N5O4S/c24-23(25)15-3-4-16(17(13-15)28(26,27)22-9-1-2-10-22)21-11-5-14(6-12-21)18-19-7-8-20-18/h3-4,7-8,13-14H,1-2,5-6,9-12H2,(H,19,20). The first-order valence-corrected chi connectivity index (χ1v) is 10.9. The number of anilines is 1. The highest BCUT2D eigenvalue weighted by atomic mass is 32.2. The molecule has 2 aromatic rings. The number of nitro benzene ring substituents is 1. The highest BCUT2D eigenvalue weighted by molar-refractivity contribution is 7.89. The molecule has 3 heterocycles. The number of hydrogen-bond acceptors (Lipinski definition) is 6. The van der Waals surface area contributed by atoms with Crippen LogP contribution in [0.25, 0.3) is 0 Å². The predicted molar refractivity (Wildman–Crippen MR) is 104 cm³/mol. The van der Waals surface area contributed by atoms with Crippen molar-refractivity contribution in [3.05, 3.63) is 46.5 Å². The molecule has 28 heavy (non-hydrogen) atoms. The van der Waals surface area contributed by atoms with Gasteiger partial charge in [-0.3, -0.25) is 10.1 Å². The number of non-ortho nitro benzene ring substituents is 1. The summed E-state index contributed by atoms with van der Waals surface area (Å²) in [6.45, 7) is 2.27. The van der Waals surface area contributed by atoms with E-state index in [1.54, 1.807) is 18.5 Å². The molecule has 0 atom stereocenters. The molecular weight excluding hydrogens is 382 g/mol. The fraction of sp³-hybridized carbons (Fsp3) is 0.500. The van der Waals surface area contributed by atoms with Crippen LogP contribution in [0.2, 0.25) is 0 Å². The molecule has 0 bridgehead atoms. The third-order valence-corrected chi connectivity index (χ3v) is 7.51. The third-order valence-electron chi connectivity index (χ3n) is 5.58. The Morgan fingerprint density at radius 1 is 1.14 bits per heavy atom. The van der Waals surface area contributed by atoms with Gasteiger partial charge in [0.2, 0.25) is 10.0 Å². The third kappa shape index (κ3) is 3.49. The van der Waals surface area contributed by atoms with Crippen molar-refractivity contribution in [3.63, 3.8) is 0 Å². The van der Waals surface area contributed by atoms with E-state index >= 15 is 0 Å². The van der Waals surface area contributed by atoms with Crippen LogP contribution >= 0.6 is 0 Å². The lowest BCUT2D eigenvalue weighted by atomic mass is 9.96. The molecule has 150 valence electrons. The topological polar surface area (TPSA) is 112 Å². The van der Waals surface area contributed by atoms with E-state index in [1.165, 1.54) is 16.4 Å². The molecule has 2 fully saturated rings. The van der Waals surface area contributed by atoms with Crippen molar-refractivity contribution in [2.24, 2.45) is 0 Å². The molecule has 0 spiro atoms. The molecule has 2 aliphatic heterocycles. The molecule has 0 saturated carbocycles. The van der Waals surface area contributed by atoms with Crippen LogP contribution in [0.15, 0.2) is 35.5 Å². The molecule has 0 radical (unpaired) electrons. The van der Waals surface area contributed by atoms with Gasteiger partial charge in [-0.1, -0.05) is 0 Å². The Balaban J connectivity index is 1.64. The highest BCUT2D eigenvalue weighted by Crippen LogP contribution is 2.36. The van der Waals surface area contributed by atoms with Gasteiger partial charge in [-0.15, -0.1) is 0 Å². The van der Waals surface area contributed by atoms with Crippen molar-refractivity contribution in [2.45, 2.75) is 36.5 Å². The second-order valence-corrected chi connectivity index (χ2v) is 9.16. The summed E-state index contributed by atoms with van der Waals surface area (Å²) in [6, 6.07) is 4.17. The lowest BCUT2D eigenvalue weighted by Crippen LogP contribution is -2.35. The van der Waals surface area contributed by atoms with Gasteiger partial charge in [0.1, 0.15) is 10.7 Å². The number of piperidine rings is 1. The normalized spacial score (nSPS) is 19.2. The smallest absolute Gasteiger partial charge is 0.270 e. The van der Waals surface area contributed by atoms with E-state index in [0.717, 1.165) is 31.5 Å². The Labute approximate surface area is 163 Å². The highest BCUT2D eigenvalue weighted by Gasteiger charge is 2.33. The maximum absolute atomic E-state index is 13.2. The maximum atomic E-state index is 13.2. The van der Waals surface area contributed by atoms with Crippen molar-refractivity contribution in [2.75, 3.05) is 31.1 Å². The monoisotopic (exact) mass is 405 g/mol. The van der Waals surface area contributed by atoms with E-state index in [0.29, 0.717) is 37.8 Å². The van der Waals surface area contributed by atoms with Crippen LogP contribution in [0.3, 0.4) is 0 Å². The zero-order valence-electron chi connectivity index (χ0n) is 15.5. The fourth-order valence-corrected chi connectivity index (χ4v) is 5.79. The van der Waals surface area contributed by atoms with Gasteiger partial charge in [-0.05, 0) is 31.7 Å². The maximum Gasteiger partial charge on any atom is 0.270 e. The molecule has 4 rings (SSSR count). The molecule has 2 saturated heterocycles. The van der Waals surface area contributed by atoms with Crippen molar-refractivity contribution in [1.82, 2.24) is 14.3 Å². The molecule has 0 unspecified atom stereocenters. The van der Waals surface area contributed by atoms with Gasteiger partial charge < -0.3 is 9.88 Å². The summed E-state index contributed by atoms with van der Waals surface area (Å²) in [4.78, 5) is 20.2. The molecular formula is C18H23N5O4S. The van der Waals surface area contributed by atoms with Crippen LogP contribution in [-0.2, 0) is 10.0 Å². The average Bonchev–Trinajstić information content (AvgIpc) is 3.42. The minimum atomic E-state index is -3.76. The number of nitro groups is 1. The number of aromatic amines is 1. The summed E-state index contributed by atoms with van der Waals surface area (Å²) in [5.74, 6) is 1.26. The second-order valence-electron chi connectivity index (χ2n) is 7.26. The first-order chi connectivity index (χ1) is 13.5. The number of nitrogens with zero attached hydrogens (tertiary/aromatic N) is 4. The van der Waals surface area contributed by atoms with Crippen LogP contribution in [-0.4, -0.2) is 53.8 Å². The number of hydrogen-bond donors (Lipinski definition) is 1. The zero-order chi connectivity index (χ0) is 19.7. The minimum absolute atomic E-state index is 0.0417. The summed E-state index contributed by atoms with van der Waals surface area (Å²) in [7, 11) is -3.76. The van der Waals surface area contributed by atoms with Crippen molar-refractivity contribution in [3.8, 4) is 0 Å². The fourth-order valence-electron chi connectivity index (χ4n) is 4.05. The van der Waals surface area contributed by atoms with Crippen molar-refractivity contribution in [1.29, 1.82) is 0 Å². The Morgan fingerprint density at radius 2 is 1.86 bits per heavy atom. The molecule has 0 amide bonds. The Kier molecular flexibility index (Phi) is 5.07. The van der Waals surface area contributed by atoms with E-state index in [1.807, 2.05) is 4.90 Å². The number of aromatic nitrogens is 2. The van der Waals surface area contributed by atoms with E-state index in [9.17, 15) is 18.5 Å². The lowest BCUT2D eigenvalue weighted by molar-refractivity contribution is -0.385. The first-order valence-electron chi connectivity index (χ1n) is 9.49. The van der Waals surface area contributed by atoms with E-state index in [4.69, 9.17) is 0 Å². The van der Waals surface area contributed by atoms with Crippen molar-refractivity contribution >= 4 is 21.4 Å². The van der Waals surface area contributed by atoms with E-state index in [-0.39, 0.29) is 10.6 Å². The van der Waals surface area contributed by atoms with Gasteiger partial charge >= 0.3 is 0 Å². The Hall–Kier alpha value is -2.46. The summed E-state index contributed by atoms with van der Waals surface area (Å²) in [5, 5.41) is 11.2. The van der Waals surface area contributed by atoms with Crippen LogP contribution < -0.4 is 4.90 Å². The molecule has 2 aliphatic rings. The molecule has 0 aliphatic carbocycles. The molecule has 9 nitrogen and oxygen atoms in total. The molecule has 1 aromatic carbocycles. The number of imidazole rings is 1. The van der Waals surface area contributed by atoms with Gasteiger partial charge in [-0.25, -0.2) is 13.4 Å². The van der Waals surface area contributed by atoms with Crippen LogP contribution in [0.1, 0.15) is 37.4 Å². The summed E-state index contributed by atoms with van der Waals surface area (Å²) in [5.41, 5.74) is 0.349. The van der Waals surface area contributed by atoms with Crippen LogP contribution in [0.5, 0.6) is 0 Å². The van der Waals surface area contributed by atoms with Crippen LogP contribution in [0, 0.1) is 10.1 Å². The van der Waals surface area contributed by atoms with Gasteiger partial charge in [0.15, 0.2) is 0 Å². The minimum Gasteiger partial charge on any atom is -0.370 e. The molecule has 10 heteroatoms. The number of nitrogens with one attached hydrogen (secondary N) is 1. The second kappa shape index (κ2) is 7.51. The number of rotatable bonds is 5. The summed E-state index contributed by atoms with van der Waals surface area (Å²) in [6.07, 6.45) is 6.86. The van der Waals surface area contributed by atoms with E-state index < -0.39 is 14.9 Å². The average molecular weight is 405 g/mol. The van der Waals surface area contributed by atoms with Gasteiger partial charge in [0.25, 0.3) is 5.69 Å². The van der Waals surface area contributed by atoms with Crippen molar-refractivity contribution < 1.29 is 13.3 Å². The van der Waals surface area contributed by atoms with Crippen LogP contribution in [0.4, 0.5) is 11.4 Å². The number of sulfonamides is 1. The number of benzene rings is 1. The zero-order valence-corrected chi connectivity index (χ0v) is 16.3. The molecule has 1 N–H and O–H groups in total. The quantitative estimate of drug-likeness (QED) is 0.604. The SMILES string of the molecule is O=[N+]([O-])c1ccc(N2CCC(c3ncc[nH]3)CC2)c(S(=O)(=O)N2CCCC2)c1. The van der Waals surface area contributed by atoms with Gasteiger partial charge in [0, 0.05) is 56.6 Å². The Bertz CT molecular complexity index is 946. The molecule has 1 aromatic heterocycles. The lowest BCUT2D eigenvalue weighted by Gasteiger charge is -2.34. The Morgan fingerprint density at radius 3 is 2.46 bits per heavy atom. The predicted octanol–water partition coefficient (Wildman–Crippen LogP) is 2.49. The summed E-state index contributed by atoms with van der Waals surface area (Å²) >= 11 is 0. The van der Waals surface area contributed by atoms with Gasteiger partial charge in [0.05, 0.1) is 10.6 Å². The largest absolute Gasteiger partial charge is 0.370 e. The summed E-state index contributed by atoms with van der Waals surface area (Å²) < 4.78 is 27.8. The van der Waals surface area contributed by atoms with Gasteiger partial charge in [-0.2, -0.15) is 4.31 Å².